The summed E-state index contributed by atoms with van der Waals surface area (Å²) in [6, 6.07) is 16.1. The lowest BCUT2D eigenvalue weighted by atomic mass is 9.56. The van der Waals surface area contributed by atoms with Crippen LogP contribution in [0.4, 0.5) is 4.79 Å². The van der Waals surface area contributed by atoms with Crippen molar-refractivity contribution in [2.75, 3.05) is 6.54 Å². The summed E-state index contributed by atoms with van der Waals surface area (Å²) in [7, 11) is 0. The molecule has 2 bridgehead atoms. The summed E-state index contributed by atoms with van der Waals surface area (Å²) in [4.78, 5) is 17.0. The minimum Gasteiger partial charge on any atom is -0.387 e. The highest BCUT2D eigenvalue weighted by Gasteiger charge is 2.84. The summed E-state index contributed by atoms with van der Waals surface area (Å²) in [5.74, 6) is 5.60. The molecule has 0 saturated heterocycles. The number of imidazole rings is 1. The second kappa shape index (κ2) is 6.17. The number of nitrogens with one attached hydrogen (secondary N) is 2. The number of hydrogen-bond donors (Lipinski definition) is 3. The number of carbonyl (C=O) groups excluding carboxylic acids is 1. The fraction of sp³-hybridized carbons (Fsp3) is 0.481. The van der Waals surface area contributed by atoms with Crippen LogP contribution in [-0.4, -0.2) is 32.8 Å². The number of fused-ring (bicyclic) bond motifs is 3. The van der Waals surface area contributed by atoms with E-state index < -0.39 is 5.60 Å². The van der Waals surface area contributed by atoms with Crippen molar-refractivity contribution in [2.24, 2.45) is 47.3 Å². The Labute approximate surface area is 192 Å². The van der Waals surface area contributed by atoms with Crippen molar-refractivity contribution in [1.82, 2.24) is 20.2 Å². The molecule has 9 unspecified atom stereocenters. The topological polar surface area (TPSA) is 79.2 Å². The van der Waals surface area contributed by atoms with Gasteiger partial charge in [-0.3, -0.25) is 4.57 Å². The number of hydrogen-bond acceptors (Lipinski definition) is 3. The number of urea groups is 1. The van der Waals surface area contributed by atoms with Gasteiger partial charge in [0.15, 0.2) is 0 Å². The molecule has 5 saturated carbocycles. The molecular weight excluding hydrogens is 412 g/mol. The van der Waals surface area contributed by atoms with E-state index in [4.69, 9.17) is 0 Å². The van der Waals surface area contributed by atoms with E-state index in [1.54, 1.807) is 0 Å². The van der Waals surface area contributed by atoms with E-state index in [0.29, 0.717) is 24.9 Å². The maximum absolute atomic E-state index is 12.6. The molecule has 3 N–H and O–H groups in total. The Morgan fingerprint density at radius 1 is 0.970 bits per heavy atom. The minimum absolute atomic E-state index is 0.188. The predicted molar refractivity (Wildman–Crippen MR) is 123 cm³/mol. The molecule has 2 aromatic carbocycles. The van der Waals surface area contributed by atoms with Crippen molar-refractivity contribution in [1.29, 1.82) is 0 Å². The SMILES string of the molecule is O=C(NCc1ccc(-n2cnc3ccccc32)cc1)NCC1(O)C2C3CC4C5C3CC2C5C41. The number of amides is 2. The summed E-state index contributed by atoms with van der Waals surface area (Å²) in [6.45, 7) is 0.864. The molecule has 1 heterocycles. The molecule has 0 spiro atoms. The van der Waals surface area contributed by atoms with Gasteiger partial charge in [-0.2, -0.15) is 0 Å². The van der Waals surface area contributed by atoms with Crippen LogP contribution >= 0.6 is 0 Å². The van der Waals surface area contributed by atoms with Crippen LogP contribution in [0.25, 0.3) is 16.7 Å². The van der Waals surface area contributed by atoms with Crippen LogP contribution in [0.1, 0.15) is 18.4 Å². The minimum atomic E-state index is -0.669. The molecule has 8 rings (SSSR count). The van der Waals surface area contributed by atoms with E-state index in [1.807, 2.05) is 36.7 Å². The van der Waals surface area contributed by atoms with Crippen LogP contribution in [0.3, 0.4) is 0 Å². The monoisotopic (exact) mass is 440 g/mol. The molecule has 1 aromatic heterocycles. The molecule has 2 amide bonds. The average Bonchev–Trinajstić information content (AvgIpc) is 3.51. The summed E-state index contributed by atoms with van der Waals surface area (Å²) in [5.41, 5.74) is 3.46. The van der Waals surface area contributed by atoms with Crippen molar-refractivity contribution >= 4 is 17.1 Å². The first-order valence-corrected chi connectivity index (χ1v) is 12.4. The molecule has 0 aliphatic heterocycles. The number of carbonyl (C=O) groups is 1. The van der Waals surface area contributed by atoms with E-state index >= 15 is 0 Å². The second-order valence-corrected chi connectivity index (χ2v) is 11.1. The van der Waals surface area contributed by atoms with E-state index in [-0.39, 0.29) is 6.03 Å². The van der Waals surface area contributed by atoms with Crippen LogP contribution < -0.4 is 10.6 Å². The number of nitrogens with zero attached hydrogens (tertiary/aromatic N) is 2. The number of aromatic nitrogens is 2. The third-order valence-corrected chi connectivity index (χ3v) is 10.2. The predicted octanol–water partition coefficient (Wildman–Crippen LogP) is 3.33. The Morgan fingerprint density at radius 3 is 2.64 bits per heavy atom. The van der Waals surface area contributed by atoms with Crippen LogP contribution in [0.5, 0.6) is 0 Å². The Morgan fingerprint density at radius 2 is 1.76 bits per heavy atom. The second-order valence-electron chi connectivity index (χ2n) is 11.1. The summed E-state index contributed by atoms with van der Waals surface area (Å²) in [5, 5.41) is 17.6. The quantitative estimate of drug-likeness (QED) is 0.569. The molecular formula is C27H28N4O2. The molecule has 3 aromatic rings. The highest BCUT2D eigenvalue weighted by Crippen LogP contribution is 2.85. The van der Waals surface area contributed by atoms with Gasteiger partial charge < -0.3 is 15.7 Å². The van der Waals surface area contributed by atoms with E-state index in [2.05, 4.69) is 38.4 Å². The van der Waals surface area contributed by atoms with Crippen LogP contribution in [-0.2, 0) is 6.54 Å². The third kappa shape index (κ3) is 2.23. The lowest BCUT2D eigenvalue weighted by molar-refractivity contribution is -0.126. The lowest BCUT2D eigenvalue weighted by Gasteiger charge is -2.51. The van der Waals surface area contributed by atoms with Gasteiger partial charge in [0.1, 0.15) is 6.33 Å². The standard InChI is InChI=1S/C27H28N4O2/c32-26(29-12-27(33)24-17-10-18-22-16(17)9-19(24)23(22)25(18)27)28-11-14-5-7-15(8-6-14)31-13-30-20-3-1-2-4-21(20)31/h1-8,13,16-19,22-25,33H,9-12H2,(H2,28,29,32). The highest BCUT2D eigenvalue weighted by atomic mass is 16.3. The molecule has 168 valence electrons. The molecule has 33 heavy (non-hydrogen) atoms. The van der Waals surface area contributed by atoms with E-state index in [1.165, 1.54) is 12.8 Å². The zero-order chi connectivity index (χ0) is 21.9. The largest absolute Gasteiger partial charge is 0.387 e. The van der Waals surface area contributed by atoms with Crippen LogP contribution in [0.2, 0.25) is 0 Å². The average molecular weight is 441 g/mol. The van der Waals surface area contributed by atoms with Crippen molar-refractivity contribution in [3.8, 4) is 5.69 Å². The normalized spacial score (nSPS) is 40.5. The summed E-state index contributed by atoms with van der Waals surface area (Å²) < 4.78 is 2.07. The lowest BCUT2D eigenvalue weighted by Crippen LogP contribution is -2.59. The van der Waals surface area contributed by atoms with Crippen molar-refractivity contribution < 1.29 is 9.90 Å². The Hall–Kier alpha value is -2.86. The van der Waals surface area contributed by atoms with Gasteiger partial charge in [-0.1, -0.05) is 24.3 Å². The van der Waals surface area contributed by atoms with Gasteiger partial charge in [0.05, 0.1) is 16.6 Å². The maximum Gasteiger partial charge on any atom is 0.315 e. The molecule has 6 nitrogen and oxygen atoms in total. The summed E-state index contributed by atoms with van der Waals surface area (Å²) >= 11 is 0. The van der Waals surface area contributed by atoms with Gasteiger partial charge in [0, 0.05) is 18.8 Å². The maximum atomic E-state index is 12.6. The summed E-state index contributed by atoms with van der Waals surface area (Å²) in [6.07, 6.45) is 4.53. The zero-order valence-corrected chi connectivity index (χ0v) is 18.4. The number of aliphatic hydroxyl groups is 1. The van der Waals surface area contributed by atoms with Gasteiger partial charge >= 0.3 is 6.03 Å². The van der Waals surface area contributed by atoms with Gasteiger partial charge in [-0.25, -0.2) is 9.78 Å². The number of para-hydroxylation sites is 2. The first kappa shape index (κ1) is 18.6. The van der Waals surface area contributed by atoms with Crippen LogP contribution in [0.15, 0.2) is 54.9 Å². The van der Waals surface area contributed by atoms with E-state index in [0.717, 1.165) is 57.8 Å². The van der Waals surface area contributed by atoms with Crippen molar-refractivity contribution in [2.45, 2.75) is 25.0 Å². The highest BCUT2D eigenvalue weighted by molar-refractivity contribution is 5.77. The number of benzene rings is 2. The van der Waals surface area contributed by atoms with Gasteiger partial charge in [-0.05, 0) is 90.0 Å². The molecule has 0 radical (unpaired) electrons. The van der Waals surface area contributed by atoms with Crippen molar-refractivity contribution in [3.63, 3.8) is 0 Å². The Kier molecular flexibility index (Phi) is 3.47. The van der Waals surface area contributed by atoms with Crippen molar-refractivity contribution in [3.05, 3.63) is 60.4 Å². The van der Waals surface area contributed by atoms with Gasteiger partial charge in [0.2, 0.25) is 0 Å². The van der Waals surface area contributed by atoms with Crippen LogP contribution in [0, 0.1) is 47.3 Å². The molecule has 5 fully saturated rings. The molecule has 9 atom stereocenters. The zero-order valence-electron chi connectivity index (χ0n) is 18.4. The molecule has 5 aliphatic carbocycles. The first-order chi connectivity index (χ1) is 16.1. The van der Waals surface area contributed by atoms with Gasteiger partial charge in [-0.15, -0.1) is 0 Å². The Bertz CT molecular complexity index is 1280. The fourth-order valence-corrected chi connectivity index (χ4v) is 9.37. The fourth-order valence-electron chi connectivity index (χ4n) is 9.37. The third-order valence-electron chi connectivity index (χ3n) is 10.2. The molecule has 6 heteroatoms. The smallest absolute Gasteiger partial charge is 0.315 e. The number of rotatable bonds is 5. The first-order valence-electron chi connectivity index (χ1n) is 12.4. The Balaban J connectivity index is 0.910. The van der Waals surface area contributed by atoms with Gasteiger partial charge in [0.25, 0.3) is 0 Å². The van der Waals surface area contributed by atoms with E-state index in [9.17, 15) is 9.90 Å². The molecule has 5 aliphatic rings.